The normalized spacial score (nSPS) is 11.2. The van der Waals surface area contributed by atoms with E-state index in [-0.39, 0.29) is 23.1 Å². The minimum absolute atomic E-state index is 0.0167. The topological polar surface area (TPSA) is 90.9 Å². The van der Waals surface area contributed by atoms with Gasteiger partial charge in [-0.25, -0.2) is 14.2 Å². The Morgan fingerprint density at radius 3 is 2.36 bits per heavy atom. The summed E-state index contributed by atoms with van der Waals surface area (Å²) in [5.74, 6) is -0.676. The molecule has 0 aliphatic rings. The van der Waals surface area contributed by atoms with Gasteiger partial charge in [0.1, 0.15) is 5.82 Å². The van der Waals surface area contributed by atoms with Crippen LogP contribution in [0.1, 0.15) is 11.1 Å². The van der Waals surface area contributed by atoms with Gasteiger partial charge in [0.2, 0.25) is 5.91 Å². The van der Waals surface area contributed by atoms with E-state index < -0.39 is 11.2 Å². The fourth-order valence-electron chi connectivity index (χ4n) is 3.42. The fourth-order valence-corrected chi connectivity index (χ4v) is 4.21. The second-order valence-corrected chi connectivity index (χ2v) is 8.63. The maximum Gasteiger partial charge on any atom is 0.332 e. The number of nitrogens with one attached hydrogen (secondary N) is 1. The number of hydrogen-bond acceptors (Lipinski definition) is 5. The lowest BCUT2D eigenvalue weighted by Crippen LogP contribution is -2.37. The Bertz CT molecular complexity index is 1450. The maximum atomic E-state index is 13.1. The van der Waals surface area contributed by atoms with Crippen molar-refractivity contribution in [3.63, 3.8) is 0 Å². The third-order valence-electron chi connectivity index (χ3n) is 5.23. The van der Waals surface area contributed by atoms with Crippen molar-refractivity contribution in [2.45, 2.75) is 18.6 Å². The molecular formula is C23H22FN5O3S. The molecule has 0 atom stereocenters. The third kappa shape index (κ3) is 4.61. The molecular weight excluding hydrogens is 445 g/mol. The molecule has 4 aromatic rings. The second kappa shape index (κ2) is 9.07. The summed E-state index contributed by atoms with van der Waals surface area (Å²) in [6.07, 6.45) is 0. The highest BCUT2D eigenvalue weighted by Crippen LogP contribution is 2.23. The van der Waals surface area contributed by atoms with E-state index in [2.05, 4.69) is 10.3 Å². The van der Waals surface area contributed by atoms with E-state index in [1.165, 1.54) is 35.9 Å². The molecule has 2 aromatic carbocycles. The molecule has 2 heterocycles. The Labute approximate surface area is 192 Å². The molecule has 0 bridgehead atoms. The molecule has 10 heteroatoms. The van der Waals surface area contributed by atoms with Gasteiger partial charge in [-0.2, -0.15) is 0 Å². The molecule has 8 nitrogen and oxygen atoms in total. The van der Waals surface area contributed by atoms with Gasteiger partial charge in [0, 0.05) is 19.8 Å². The number of imidazole rings is 1. The predicted molar refractivity (Wildman–Crippen MR) is 126 cm³/mol. The van der Waals surface area contributed by atoms with Crippen LogP contribution in [0.5, 0.6) is 0 Å². The van der Waals surface area contributed by atoms with Gasteiger partial charge < -0.3 is 9.88 Å². The van der Waals surface area contributed by atoms with Crippen LogP contribution in [-0.4, -0.2) is 30.3 Å². The van der Waals surface area contributed by atoms with Crippen LogP contribution in [0.2, 0.25) is 0 Å². The van der Waals surface area contributed by atoms with Crippen molar-refractivity contribution in [1.82, 2.24) is 18.7 Å². The smallest absolute Gasteiger partial charge is 0.325 e. The summed E-state index contributed by atoms with van der Waals surface area (Å²) in [5.41, 5.74) is 2.17. The lowest BCUT2D eigenvalue weighted by Gasteiger charge is -2.10. The maximum absolute atomic E-state index is 13.1. The number of aryl methyl sites for hydroxylation is 2. The van der Waals surface area contributed by atoms with Crippen LogP contribution in [0.15, 0.2) is 63.3 Å². The average Bonchev–Trinajstić information content (AvgIpc) is 3.16. The summed E-state index contributed by atoms with van der Waals surface area (Å²) >= 11 is 1.16. The zero-order valence-corrected chi connectivity index (χ0v) is 19.1. The molecule has 33 heavy (non-hydrogen) atoms. The number of carbonyl (C=O) groups is 1. The van der Waals surface area contributed by atoms with Crippen molar-refractivity contribution < 1.29 is 9.18 Å². The van der Waals surface area contributed by atoms with Crippen LogP contribution in [0, 0.1) is 12.7 Å². The van der Waals surface area contributed by atoms with Crippen LogP contribution in [0.4, 0.5) is 10.1 Å². The summed E-state index contributed by atoms with van der Waals surface area (Å²) in [4.78, 5) is 42.3. The van der Waals surface area contributed by atoms with Crippen molar-refractivity contribution in [2.24, 2.45) is 14.1 Å². The van der Waals surface area contributed by atoms with E-state index in [1.807, 2.05) is 31.2 Å². The minimum Gasteiger partial charge on any atom is -0.325 e. The SMILES string of the molecule is Cc1ccc(Cn2c(SCC(=O)Nc3ccc(F)cc3)nc3c2c(=O)n(C)c(=O)n3C)cc1. The zero-order chi connectivity index (χ0) is 23.7. The van der Waals surface area contributed by atoms with Crippen LogP contribution < -0.4 is 16.6 Å². The van der Waals surface area contributed by atoms with Gasteiger partial charge in [-0.05, 0) is 36.8 Å². The summed E-state index contributed by atoms with van der Waals surface area (Å²) < 4.78 is 17.2. The number of thioether (sulfide) groups is 1. The molecule has 4 rings (SSSR count). The molecule has 0 radical (unpaired) electrons. The number of hydrogen-bond donors (Lipinski definition) is 1. The van der Waals surface area contributed by atoms with Gasteiger partial charge in [0.25, 0.3) is 5.56 Å². The Morgan fingerprint density at radius 1 is 1.03 bits per heavy atom. The van der Waals surface area contributed by atoms with Gasteiger partial charge in [0.05, 0.1) is 12.3 Å². The molecule has 0 saturated carbocycles. The van der Waals surface area contributed by atoms with Crippen LogP contribution in [0.25, 0.3) is 11.2 Å². The first-order chi connectivity index (χ1) is 15.7. The van der Waals surface area contributed by atoms with Crippen molar-refractivity contribution >= 4 is 34.5 Å². The van der Waals surface area contributed by atoms with Gasteiger partial charge in [-0.3, -0.25) is 18.7 Å². The molecule has 1 N–H and O–H groups in total. The number of benzene rings is 2. The number of nitrogens with zero attached hydrogens (tertiary/aromatic N) is 4. The van der Waals surface area contributed by atoms with Gasteiger partial charge in [-0.15, -0.1) is 0 Å². The Kier molecular flexibility index (Phi) is 6.19. The molecule has 0 fully saturated rings. The zero-order valence-electron chi connectivity index (χ0n) is 18.3. The minimum atomic E-state index is -0.474. The molecule has 0 unspecified atom stereocenters. The Balaban J connectivity index is 1.69. The first kappa shape index (κ1) is 22.5. The fraction of sp³-hybridized carbons (Fsp3) is 0.217. The van der Waals surface area contributed by atoms with E-state index >= 15 is 0 Å². The second-order valence-electron chi connectivity index (χ2n) is 7.69. The van der Waals surface area contributed by atoms with Crippen molar-refractivity contribution in [3.8, 4) is 0 Å². The largest absolute Gasteiger partial charge is 0.332 e. The highest BCUT2D eigenvalue weighted by Gasteiger charge is 2.20. The van der Waals surface area contributed by atoms with Crippen LogP contribution in [-0.2, 0) is 25.4 Å². The number of aromatic nitrogens is 4. The number of rotatable bonds is 6. The van der Waals surface area contributed by atoms with E-state index in [0.717, 1.165) is 27.5 Å². The summed E-state index contributed by atoms with van der Waals surface area (Å²) in [6.45, 7) is 2.34. The summed E-state index contributed by atoms with van der Waals surface area (Å²) in [6, 6.07) is 13.4. The molecule has 0 aliphatic carbocycles. The molecule has 2 aromatic heterocycles. The van der Waals surface area contributed by atoms with Crippen molar-refractivity contribution in [3.05, 3.63) is 86.3 Å². The Hall–Kier alpha value is -3.66. The van der Waals surface area contributed by atoms with E-state index in [9.17, 15) is 18.8 Å². The van der Waals surface area contributed by atoms with Gasteiger partial charge in [0.15, 0.2) is 16.3 Å². The number of fused-ring (bicyclic) bond motifs is 1. The highest BCUT2D eigenvalue weighted by molar-refractivity contribution is 7.99. The van der Waals surface area contributed by atoms with Gasteiger partial charge in [-0.1, -0.05) is 41.6 Å². The highest BCUT2D eigenvalue weighted by atomic mass is 32.2. The lowest BCUT2D eigenvalue weighted by atomic mass is 10.1. The molecule has 1 amide bonds. The summed E-state index contributed by atoms with van der Waals surface area (Å²) in [5, 5.41) is 3.15. The van der Waals surface area contributed by atoms with Crippen LogP contribution in [0.3, 0.4) is 0 Å². The monoisotopic (exact) mass is 467 g/mol. The van der Waals surface area contributed by atoms with Crippen molar-refractivity contribution in [2.75, 3.05) is 11.1 Å². The molecule has 0 aliphatic heterocycles. The quantitative estimate of drug-likeness (QED) is 0.441. The summed E-state index contributed by atoms with van der Waals surface area (Å²) in [7, 11) is 2.99. The number of carbonyl (C=O) groups excluding carboxylic acids is 1. The average molecular weight is 468 g/mol. The predicted octanol–water partition coefficient (Wildman–Crippen LogP) is 2.66. The first-order valence-corrected chi connectivity index (χ1v) is 11.1. The van der Waals surface area contributed by atoms with Crippen LogP contribution >= 0.6 is 11.8 Å². The number of amides is 1. The Morgan fingerprint density at radius 2 is 1.70 bits per heavy atom. The standard InChI is InChI=1S/C23H22FN5O3S/c1-14-4-6-15(7-5-14)12-29-19-20(27(2)23(32)28(3)21(19)31)26-22(29)33-13-18(30)25-17-10-8-16(24)9-11-17/h4-11H,12-13H2,1-3H3,(H,25,30). The van der Waals surface area contributed by atoms with E-state index in [1.54, 1.807) is 11.6 Å². The van der Waals surface area contributed by atoms with E-state index in [0.29, 0.717) is 22.9 Å². The number of halogens is 1. The molecule has 0 spiro atoms. The van der Waals surface area contributed by atoms with Crippen molar-refractivity contribution in [1.29, 1.82) is 0 Å². The first-order valence-electron chi connectivity index (χ1n) is 10.1. The lowest BCUT2D eigenvalue weighted by molar-refractivity contribution is -0.113. The van der Waals surface area contributed by atoms with Gasteiger partial charge >= 0.3 is 5.69 Å². The third-order valence-corrected chi connectivity index (χ3v) is 6.21. The molecule has 0 saturated heterocycles. The number of anilines is 1. The molecule has 170 valence electrons. The van der Waals surface area contributed by atoms with E-state index in [4.69, 9.17) is 0 Å².